The van der Waals surface area contributed by atoms with Gasteiger partial charge in [0.15, 0.2) is 0 Å². The van der Waals surface area contributed by atoms with Crippen LogP contribution in [-0.4, -0.2) is 52.0 Å². The molecule has 1 aromatic heterocycles. The van der Waals surface area contributed by atoms with Crippen LogP contribution in [0.3, 0.4) is 0 Å². The fourth-order valence-electron chi connectivity index (χ4n) is 2.77. The predicted octanol–water partition coefficient (Wildman–Crippen LogP) is 2.08. The van der Waals surface area contributed by atoms with Gasteiger partial charge in [-0.25, -0.2) is 4.98 Å². The number of hydrogen-bond donors (Lipinski definition) is 0. The number of methoxy groups -OCH3 is 1. The number of amides is 1. The number of nitrogens with zero attached hydrogens (tertiary/aromatic N) is 4. The third-order valence-corrected chi connectivity index (χ3v) is 4.11. The molecule has 26 heavy (non-hydrogen) atoms. The number of nitro groups is 1. The van der Waals surface area contributed by atoms with Gasteiger partial charge in [0.1, 0.15) is 6.10 Å². The number of benzene rings is 1. The average Bonchev–Trinajstić information content (AvgIpc) is 2.68. The van der Waals surface area contributed by atoms with Gasteiger partial charge in [-0.2, -0.15) is 4.98 Å². The normalized spacial score (nSPS) is 14.7. The maximum Gasteiger partial charge on any atom is 0.319 e. The highest BCUT2D eigenvalue weighted by atomic mass is 16.6. The zero-order valence-corrected chi connectivity index (χ0v) is 14.2. The van der Waals surface area contributed by atoms with Gasteiger partial charge >= 0.3 is 6.01 Å². The molecule has 0 unspecified atom stereocenters. The van der Waals surface area contributed by atoms with Crippen molar-refractivity contribution >= 4 is 11.6 Å². The highest BCUT2D eigenvalue weighted by Gasteiger charge is 2.25. The van der Waals surface area contributed by atoms with Gasteiger partial charge < -0.3 is 14.4 Å². The molecule has 1 amide bonds. The van der Waals surface area contributed by atoms with Gasteiger partial charge in [0, 0.05) is 55.9 Å². The number of carbonyl (C=O) groups excluding carboxylic acids is 1. The minimum absolute atomic E-state index is 0.0660. The third kappa shape index (κ3) is 4.05. The summed E-state index contributed by atoms with van der Waals surface area (Å²) < 4.78 is 10.8. The van der Waals surface area contributed by atoms with E-state index in [2.05, 4.69) is 9.97 Å². The molecular weight excluding hydrogens is 340 g/mol. The van der Waals surface area contributed by atoms with Gasteiger partial charge in [-0.3, -0.25) is 14.9 Å². The quantitative estimate of drug-likeness (QED) is 0.595. The van der Waals surface area contributed by atoms with E-state index in [0.717, 1.165) is 0 Å². The van der Waals surface area contributed by atoms with E-state index >= 15 is 0 Å². The Bertz CT molecular complexity index is 805. The van der Waals surface area contributed by atoms with Crippen molar-refractivity contribution in [3.05, 3.63) is 52.2 Å². The van der Waals surface area contributed by atoms with Crippen LogP contribution in [0.4, 0.5) is 5.69 Å². The van der Waals surface area contributed by atoms with Crippen LogP contribution < -0.4 is 9.47 Å². The topological polar surface area (TPSA) is 108 Å². The number of ether oxygens (including phenoxy) is 2. The zero-order chi connectivity index (χ0) is 18.5. The van der Waals surface area contributed by atoms with Crippen LogP contribution in [0.5, 0.6) is 11.9 Å². The molecule has 1 saturated heterocycles. The van der Waals surface area contributed by atoms with Crippen molar-refractivity contribution in [2.75, 3.05) is 20.2 Å². The van der Waals surface area contributed by atoms with Crippen molar-refractivity contribution in [1.29, 1.82) is 0 Å². The van der Waals surface area contributed by atoms with Crippen LogP contribution in [0.2, 0.25) is 0 Å². The van der Waals surface area contributed by atoms with Crippen molar-refractivity contribution in [3.8, 4) is 11.9 Å². The SMILES string of the molecule is COc1nccc(OC2CCN(C(=O)c3cccc([N+](=O)[O-])c3)CC2)n1. The standard InChI is InChI=1S/C17H18N4O5/c1-25-17-18-8-5-15(19-17)26-14-6-9-20(10-7-14)16(22)12-3-2-4-13(11-12)21(23)24/h2-5,8,11,14H,6-7,9-10H2,1H3. The summed E-state index contributed by atoms with van der Waals surface area (Å²) >= 11 is 0. The first-order valence-corrected chi connectivity index (χ1v) is 8.14. The second kappa shape index (κ2) is 7.77. The lowest BCUT2D eigenvalue weighted by molar-refractivity contribution is -0.384. The van der Waals surface area contributed by atoms with Crippen LogP contribution in [0.1, 0.15) is 23.2 Å². The molecule has 1 aliphatic rings. The molecule has 9 heteroatoms. The lowest BCUT2D eigenvalue weighted by Gasteiger charge is -2.32. The summed E-state index contributed by atoms with van der Waals surface area (Å²) in [5.74, 6) is 0.219. The summed E-state index contributed by atoms with van der Waals surface area (Å²) in [6.07, 6.45) is 2.78. The molecule has 0 radical (unpaired) electrons. The van der Waals surface area contributed by atoms with E-state index in [9.17, 15) is 14.9 Å². The van der Waals surface area contributed by atoms with E-state index in [4.69, 9.17) is 9.47 Å². The summed E-state index contributed by atoms with van der Waals surface area (Å²) in [5.41, 5.74) is 0.228. The van der Waals surface area contributed by atoms with E-state index in [-0.39, 0.29) is 23.7 Å². The van der Waals surface area contributed by atoms with Gasteiger partial charge in [0.05, 0.1) is 12.0 Å². The molecule has 9 nitrogen and oxygen atoms in total. The molecule has 0 aliphatic carbocycles. The van der Waals surface area contributed by atoms with E-state index in [1.807, 2.05) is 0 Å². The van der Waals surface area contributed by atoms with E-state index in [0.29, 0.717) is 37.4 Å². The summed E-state index contributed by atoms with van der Waals surface area (Å²) in [6, 6.07) is 7.67. The molecule has 0 N–H and O–H groups in total. The molecule has 1 aromatic carbocycles. The van der Waals surface area contributed by atoms with Crippen molar-refractivity contribution in [2.45, 2.75) is 18.9 Å². The molecule has 2 heterocycles. The minimum atomic E-state index is -0.507. The number of rotatable bonds is 5. The monoisotopic (exact) mass is 358 g/mol. The third-order valence-electron chi connectivity index (χ3n) is 4.11. The van der Waals surface area contributed by atoms with Crippen LogP contribution in [0.25, 0.3) is 0 Å². The number of nitro benzene ring substituents is 1. The van der Waals surface area contributed by atoms with Crippen LogP contribution in [0, 0.1) is 10.1 Å². The Kier molecular flexibility index (Phi) is 5.26. The van der Waals surface area contributed by atoms with Gasteiger partial charge in [-0.1, -0.05) is 6.07 Å². The highest BCUT2D eigenvalue weighted by molar-refractivity contribution is 5.94. The van der Waals surface area contributed by atoms with Crippen molar-refractivity contribution in [2.24, 2.45) is 0 Å². The number of aromatic nitrogens is 2. The smallest absolute Gasteiger partial charge is 0.319 e. The number of carbonyl (C=O) groups is 1. The molecule has 0 bridgehead atoms. The maximum atomic E-state index is 12.5. The van der Waals surface area contributed by atoms with E-state index in [1.54, 1.807) is 23.2 Å². The minimum Gasteiger partial charge on any atom is -0.474 e. The number of likely N-dealkylation sites (tertiary alicyclic amines) is 1. The molecule has 3 rings (SSSR count). The Morgan fingerprint density at radius 1 is 1.31 bits per heavy atom. The Morgan fingerprint density at radius 2 is 2.08 bits per heavy atom. The Labute approximate surface area is 149 Å². The summed E-state index contributed by atoms with van der Waals surface area (Å²) in [7, 11) is 1.48. The fourth-order valence-corrected chi connectivity index (χ4v) is 2.77. The van der Waals surface area contributed by atoms with Crippen LogP contribution in [0.15, 0.2) is 36.5 Å². The highest BCUT2D eigenvalue weighted by Crippen LogP contribution is 2.21. The number of hydrogen-bond acceptors (Lipinski definition) is 7. The van der Waals surface area contributed by atoms with Crippen molar-refractivity contribution in [1.82, 2.24) is 14.9 Å². The molecule has 0 spiro atoms. The Morgan fingerprint density at radius 3 is 2.77 bits per heavy atom. The second-order valence-corrected chi connectivity index (χ2v) is 5.80. The Balaban J connectivity index is 1.58. The van der Waals surface area contributed by atoms with Crippen LogP contribution in [-0.2, 0) is 0 Å². The molecular formula is C17H18N4O5. The first-order valence-electron chi connectivity index (χ1n) is 8.14. The molecule has 2 aromatic rings. The first-order chi connectivity index (χ1) is 12.6. The number of non-ortho nitro benzene ring substituents is 1. The van der Waals surface area contributed by atoms with E-state index in [1.165, 1.54) is 25.3 Å². The lowest BCUT2D eigenvalue weighted by atomic mass is 10.1. The van der Waals surface area contributed by atoms with Crippen molar-refractivity contribution in [3.63, 3.8) is 0 Å². The average molecular weight is 358 g/mol. The lowest BCUT2D eigenvalue weighted by Crippen LogP contribution is -2.41. The van der Waals surface area contributed by atoms with Crippen molar-refractivity contribution < 1.29 is 19.2 Å². The number of piperidine rings is 1. The second-order valence-electron chi connectivity index (χ2n) is 5.80. The van der Waals surface area contributed by atoms with E-state index < -0.39 is 4.92 Å². The first kappa shape index (κ1) is 17.6. The summed E-state index contributed by atoms with van der Waals surface area (Å²) in [6.45, 7) is 1.02. The fraction of sp³-hybridized carbons (Fsp3) is 0.353. The van der Waals surface area contributed by atoms with Gasteiger partial charge in [0.2, 0.25) is 5.88 Å². The zero-order valence-electron chi connectivity index (χ0n) is 14.2. The molecule has 1 fully saturated rings. The Hall–Kier alpha value is -3.23. The van der Waals surface area contributed by atoms with Gasteiger partial charge in [-0.05, 0) is 6.07 Å². The molecule has 136 valence electrons. The van der Waals surface area contributed by atoms with Gasteiger partial charge in [-0.15, -0.1) is 0 Å². The summed E-state index contributed by atoms with van der Waals surface area (Å²) in [5, 5.41) is 10.9. The van der Waals surface area contributed by atoms with Crippen LogP contribution >= 0.6 is 0 Å². The molecule has 0 atom stereocenters. The predicted molar refractivity (Wildman–Crippen MR) is 91.2 cm³/mol. The molecule has 1 aliphatic heterocycles. The summed E-state index contributed by atoms with van der Waals surface area (Å²) in [4.78, 5) is 32.6. The van der Waals surface area contributed by atoms with Gasteiger partial charge in [0.25, 0.3) is 11.6 Å². The molecule has 0 saturated carbocycles. The maximum absolute atomic E-state index is 12.5. The largest absolute Gasteiger partial charge is 0.474 e.